The van der Waals surface area contributed by atoms with Crippen molar-refractivity contribution in [3.63, 3.8) is 0 Å². The van der Waals surface area contributed by atoms with E-state index < -0.39 is 26.6 Å². The molecule has 0 aliphatic rings. The van der Waals surface area contributed by atoms with Gasteiger partial charge in [-0.25, -0.2) is 17.2 Å². The zero-order valence-corrected chi connectivity index (χ0v) is 13.9. The van der Waals surface area contributed by atoms with E-state index in [2.05, 4.69) is 15.9 Å². The van der Waals surface area contributed by atoms with Crippen LogP contribution in [-0.2, 0) is 10.0 Å². The van der Waals surface area contributed by atoms with Crippen LogP contribution < -0.4 is 4.72 Å². The van der Waals surface area contributed by atoms with Gasteiger partial charge in [-0.15, -0.1) is 0 Å². The van der Waals surface area contributed by atoms with Gasteiger partial charge in [0.05, 0.1) is 15.7 Å². The van der Waals surface area contributed by atoms with Crippen LogP contribution in [0.15, 0.2) is 39.7 Å². The molecule has 2 aromatic carbocycles. The Morgan fingerprint density at radius 2 is 1.62 bits per heavy atom. The summed E-state index contributed by atoms with van der Waals surface area (Å²) in [5.74, 6) is -1.67. The van der Waals surface area contributed by atoms with E-state index in [4.69, 9.17) is 23.2 Å². The molecule has 0 aliphatic carbocycles. The van der Waals surface area contributed by atoms with Crippen molar-refractivity contribution >= 4 is 54.8 Å². The van der Waals surface area contributed by atoms with Gasteiger partial charge in [0.1, 0.15) is 16.5 Å². The summed E-state index contributed by atoms with van der Waals surface area (Å²) in [6.07, 6.45) is 0. The molecule has 1 N–H and O–H groups in total. The molecule has 2 rings (SSSR count). The Hall–Kier alpha value is -0.890. The van der Waals surface area contributed by atoms with Gasteiger partial charge in [-0.1, -0.05) is 39.1 Å². The minimum Gasteiger partial charge on any atom is -0.276 e. The van der Waals surface area contributed by atoms with Gasteiger partial charge in [0.2, 0.25) is 0 Å². The Labute approximate surface area is 138 Å². The normalized spacial score (nSPS) is 11.5. The first-order chi connectivity index (χ1) is 9.70. The Kier molecular flexibility index (Phi) is 4.77. The van der Waals surface area contributed by atoms with Crippen molar-refractivity contribution in [1.29, 1.82) is 0 Å². The second-order valence-electron chi connectivity index (χ2n) is 3.92. The average molecular weight is 417 g/mol. The molecule has 0 saturated heterocycles. The van der Waals surface area contributed by atoms with Crippen LogP contribution in [0.1, 0.15) is 0 Å². The number of sulfonamides is 1. The quantitative estimate of drug-likeness (QED) is 0.778. The van der Waals surface area contributed by atoms with Gasteiger partial charge in [0.15, 0.2) is 0 Å². The highest BCUT2D eigenvalue weighted by molar-refractivity contribution is 9.10. The third-order valence-corrected chi connectivity index (χ3v) is 4.90. The Morgan fingerprint density at radius 1 is 1.05 bits per heavy atom. The molecule has 0 fully saturated rings. The van der Waals surface area contributed by atoms with Crippen molar-refractivity contribution in [2.75, 3.05) is 4.72 Å². The second-order valence-corrected chi connectivity index (χ2v) is 7.31. The number of anilines is 1. The summed E-state index contributed by atoms with van der Waals surface area (Å²) in [7, 11) is -4.26. The lowest BCUT2D eigenvalue weighted by Gasteiger charge is -2.12. The molecule has 0 heterocycles. The van der Waals surface area contributed by atoms with Gasteiger partial charge in [-0.05, 0) is 30.3 Å². The average Bonchev–Trinajstić information content (AvgIpc) is 2.33. The summed E-state index contributed by atoms with van der Waals surface area (Å²) in [6.45, 7) is 0. The molecule has 9 heteroatoms. The minimum absolute atomic E-state index is 0.220. The molecule has 2 aromatic rings. The number of nitrogens with one attached hydrogen (secondary N) is 1. The van der Waals surface area contributed by atoms with Crippen molar-refractivity contribution in [3.8, 4) is 0 Å². The number of halogens is 5. The predicted octanol–water partition coefficient (Wildman–Crippen LogP) is 4.83. The highest BCUT2D eigenvalue weighted by Crippen LogP contribution is 2.33. The highest BCUT2D eigenvalue weighted by Gasteiger charge is 2.22. The third kappa shape index (κ3) is 3.66. The summed E-state index contributed by atoms with van der Waals surface area (Å²) >= 11 is 14.5. The maximum absolute atomic E-state index is 13.7. The minimum atomic E-state index is -4.26. The van der Waals surface area contributed by atoms with Crippen LogP contribution in [0.2, 0.25) is 10.0 Å². The molecule has 0 bridgehead atoms. The van der Waals surface area contributed by atoms with E-state index in [0.29, 0.717) is 4.47 Å². The summed E-state index contributed by atoms with van der Waals surface area (Å²) in [5.41, 5.74) is -0.220. The van der Waals surface area contributed by atoms with Crippen LogP contribution in [0.5, 0.6) is 0 Å². The lowest BCUT2D eigenvalue weighted by atomic mass is 10.3. The molecule has 0 spiro atoms. The molecule has 0 unspecified atom stereocenters. The molecule has 112 valence electrons. The fourth-order valence-electron chi connectivity index (χ4n) is 1.52. The first-order valence-electron chi connectivity index (χ1n) is 5.33. The van der Waals surface area contributed by atoms with Crippen molar-refractivity contribution in [3.05, 3.63) is 56.5 Å². The molecule has 3 nitrogen and oxygen atoms in total. The smallest absolute Gasteiger partial charge is 0.264 e. The van der Waals surface area contributed by atoms with E-state index in [1.807, 2.05) is 4.72 Å². The highest BCUT2D eigenvalue weighted by atomic mass is 79.9. The van der Waals surface area contributed by atoms with E-state index in [9.17, 15) is 17.2 Å². The molecule has 0 aromatic heterocycles. The molecule has 0 aliphatic heterocycles. The topological polar surface area (TPSA) is 46.2 Å². The lowest BCUT2D eigenvalue weighted by molar-refractivity contribution is 0.569. The van der Waals surface area contributed by atoms with E-state index in [-0.39, 0.29) is 15.7 Å². The summed E-state index contributed by atoms with van der Waals surface area (Å²) < 4.78 is 53.5. The standard InChI is InChI=1S/C12H6BrCl2F2NO2S/c13-6-1-2-11(10(17)3-6)21(19,20)18-12-8(14)4-7(16)5-9(12)15/h1-5,18H. The number of hydrogen-bond acceptors (Lipinski definition) is 2. The van der Waals surface area contributed by atoms with Crippen molar-refractivity contribution in [2.45, 2.75) is 4.90 Å². The Bertz CT molecular complexity index is 792. The van der Waals surface area contributed by atoms with E-state index in [1.165, 1.54) is 6.07 Å². The van der Waals surface area contributed by atoms with Gasteiger partial charge in [0, 0.05) is 4.47 Å². The monoisotopic (exact) mass is 415 g/mol. The summed E-state index contributed by atoms with van der Waals surface area (Å²) in [6, 6.07) is 5.23. The van der Waals surface area contributed by atoms with Crippen molar-refractivity contribution in [1.82, 2.24) is 0 Å². The largest absolute Gasteiger partial charge is 0.276 e. The maximum Gasteiger partial charge on any atom is 0.264 e. The molecular formula is C12H6BrCl2F2NO2S. The Balaban J connectivity index is 2.47. The maximum atomic E-state index is 13.7. The molecule has 21 heavy (non-hydrogen) atoms. The third-order valence-electron chi connectivity index (χ3n) is 2.43. The van der Waals surface area contributed by atoms with Crippen LogP contribution >= 0.6 is 39.1 Å². The first kappa shape index (κ1) is 16.5. The zero-order valence-electron chi connectivity index (χ0n) is 10.0. The van der Waals surface area contributed by atoms with Gasteiger partial charge < -0.3 is 0 Å². The summed E-state index contributed by atoms with van der Waals surface area (Å²) in [5, 5.41) is -0.470. The SMILES string of the molecule is O=S(=O)(Nc1c(Cl)cc(F)cc1Cl)c1ccc(Br)cc1F. The van der Waals surface area contributed by atoms with Crippen LogP contribution in [0.25, 0.3) is 0 Å². The van der Waals surface area contributed by atoms with Crippen LogP contribution in [0, 0.1) is 11.6 Å². The van der Waals surface area contributed by atoms with Crippen molar-refractivity contribution < 1.29 is 17.2 Å². The molecule has 0 amide bonds. The van der Waals surface area contributed by atoms with E-state index in [0.717, 1.165) is 24.3 Å². The predicted molar refractivity (Wildman–Crippen MR) is 81.3 cm³/mol. The zero-order chi connectivity index (χ0) is 15.8. The second kappa shape index (κ2) is 6.08. The van der Waals surface area contributed by atoms with Crippen LogP contribution in [0.4, 0.5) is 14.5 Å². The number of rotatable bonds is 3. The fraction of sp³-hybridized carbons (Fsp3) is 0. The first-order valence-corrected chi connectivity index (χ1v) is 8.36. The van der Waals surface area contributed by atoms with E-state index >= 15 is 0 Å². The molecular weight excluding hydrogens is 411 g/mol. The molecule has 0 radical (unpaired) electrons. The molecule has 0 atom stereocenters. The van der Waals surface area contributed by atoms with Gasteiger partial charge in [-0.2, -0.15) is 0 Å². The van der Waals surface area contributed by atoms with Gasteiger partial charge in [0.25, 0.3) is 10.0 Å². The van der Waals surface area contributed by atoms with Crippen LogP contribution in [-0.4, -0.2) is 8.42 Å². The van der Waals surface area contributed by atoms with Crippen LogP contribution in [0.3, 0.4) is 0 Å². The van der Waals surface area contributed by atoms with E-state index in [1.54, 1.807) is 0 Å². The van der Waals surface area contributed by atoms with Gasteiger partial charge >= 0.3 is 0 Å². The van der Waals surface area contributed by atoms with Gasteiger partial charge in [-0.3, -0.25) is 4.72 Å². The summed E-state index contributed by atoms with van der Waals surface area (Å²) in [4.78, 5) is -0.581. The fourth-order valence-corrected chi connectivity index (χ4v) is 3.68. The van der Waals surface area contributed by atoms with Crippen molar-refractivity contribution in [2.24, 2.45) is 0 Å². The number of benzene rings is 2. The lowest BCUT2D eigenvalue weighted by Crippen LogP contribution is -2.15. The Morgan fingerprint density at radius 3 is 2.14 bits per heavy atom. The number of hydrogen-bond donors (Lipinski definition) is 1. The molecule has 0 saturated carbocycles.